The molecule has 0 aromatic rings. The van der Waals surface area contributed by atoms with Crippen LogP contribution in [0, 0.1) is 0 Å². The van der Waals surface area contributed by atoms with E-state index >= 15 is 0 Å². The lowest BCUT2D eigenvalue weighted by molar-refractivity contribution is -0.123. The molecule has 0 fully saturated rings. The molecule has 0 rings (SSSR count). The van der Waals surface area contributed by atoms with Gasteiger partial charge in [-0.2, -0.15) is 0 Å². The summed E-state index contributed by atoms with van der Waals surface area (Å²) >= 11 is 0. The molecule has 0 saturated carbocycles. The Morgan fingerprint density at radius 2 is 1.20 bits per heavy atom. The van der Waals surface area contributed by atoms with Gasteiger partial charge in [0.15, 0.2) is 0 Å². The lowest BCUT2D eigenvalue weighted by Crippen LogP contribution is -2.41. The fourth-order valence-electron chi connectivity index (χ4n) is 1.37. The number of likely N-dealkylation sites (N-methyl/N-ethyl adjacent to an activating group) is 2. The highest BCUT2D eigenvalue weighted by atomic mass is 33.1. The zero-order valence-electron chi connectivity index (χ0n) is 12.6. The average molecular weight is 323 g/mol. The van der Waals surface area contributed by atoms with Gasteiger partial charge >= 0.3 is 0 Å². The van der Waals surface area contributed by atoms with Gasteiger partial charge in [0.1, 0.15) is 0 Å². The fourth-order valence-corrected chi connectivity index (χ4v) is 3.22. The van der Waals surface area contributed by atoms with Crippen LogP contribution in [0.4, 0.5) is 0 Å². The van der Waals surface area contributed by atoms with E-state index in [9.17, 15) is 9.59 Å². The van der Waals surface area contributed by atoms with Crippen molar-refractivity contribution in [2.75, 3.05) is 38.7 Å². The zero-order chi connectivity index (χ0) is 15.4. The molecule has 8 heteroatoms. The van der Waals surface area contributed by atoms with Crippen molar-refractivity contribution in [2.24, 2.45) is 0 Å². The maximum absolute atomic E-state index is 11.2. The van der Waals surface area contributed by atoms with Crippen molar-refractivity contribution in [2.45, 2.75) is 25.9 Å². The Morgan fingerprint density at radius 1 is 0.850 bits per heavy atom. The van der Waals surface area contributed by atoms with Gasteiger partial charge in [-0.3, -0.25) is 9.59 Å². The van der Waals surface area contributed by atoms with E-state index in [1.165, 1.54) is 0 Å². The first-order valence-corrected chi connectivity index (χ1v) is 9.16. The number of carbonyl (C=O) groups excluding carboxylic acids is 2. The third kappa shape index (κ3) is 9.46. The number of nitrogens with one attached hydrogen (secondary N) is 4. The monoisotopic (exact) mass is 322 g/mol. The minimum Gasteiger partial charge on any atom is -0.358 e. The first-order valence-electron chi connectivity index (χ1n) is 6.67. The number of hydrogen-bond acceptors (Lipinski definition) is 6. The molecule has 0 aliphatic heterocycles. The second kappa shape index (κ2) is 12.3. The molecule has 0 aliphatic rings. The summed E-state index contributed by atoms with van der Waals surface area (Å²) in [5.74, 6) is 1.90. The molecular formula is C12H26N4O2S2. The summed E-state index contributed by atoms with van der Waals surface area (Å²) in [4.78, 5) is 22.5. The second-order valence-electron chi connectivity index (χ2n) is 4.22. The molecule has 0 bridgehead atoms. The molecule has 0 radical (unpaired) electrons. The SMILES string of the molecule is CNC(=O)C(C)NCCSSCCNC(C)C(=O)NC. The van der Waals surface area contributed by atoms with Crippen LogP contribution in [0.2, 0.25) is 0 Å². The van der Waals surface area contributed by atoms with E-state index in [2.05, 4.69) is 21.3 Å². The van der Waals surface area contributed by atoms with Crippen LogP contribution in [0.1, 0.15) is 13.8 Å². The molecule has 6 nitrogen and oxygen atoms in total. The summed E-state index contributed by atoms with van der Waals surface area (Å²) in [5, 5.41) is 11.5. The highest BCUT2D eigenvalue weighted by molar-refractivity contribution is 8.76. The van der Waals surface area contributed by atoms with Gasteiger partial charge in [0, 0.05) is 38.7 Å². The third-order valence-electron chi connectivity index (χ3n) is 2.63. The maximum atomic E-state index is 11.2. The van der Waals surface area contributed by atoms with Crippen LogP contribution in [-0.2, 0) is 9.59 Å². The molecule has 0 aliphatic carbocycles. The first kappa shape index (κ1) is 19.6. The average Bonchev–Trinajstić information content (AvgIpc) is 2.47. The molecule has 4 N–H and O–H groups in total. The smallest absolute Gasteiger partial charge is 0.236 e. The molecule has 2 atom stereocenters. The molecule has 2 amide bonds. The Labute approximate surface area is 129 Å². The Kier molecular flexibility index (Phi) is 12.0. The summed E-state index contributed by atoms with van der Waals surface area (Å²) in [6.07, 6.45) is 0. The van der Waals surface area contributed by atoms with E-state index in [0.717, 1.165) is 24.6 Å². The summed E-state index contributed by atoms with van der Waals surface area (Å²) in [7, 11) is 6.80. The van der Waals surface area contributed by atoms with Crippen molar-refractivity contribution in [3.8, 4) is 0 Å². The quantitative estimate of drug-likeness (QED) is 0.312. The van der Waals surface area contributed by atoms with Gasteiger partial charge < -0.3 is 21.3 Å². The van der Waals surface area contributed by atoms with Crippen molar-refractivity contribution >= 4 is 33.4 Å². The van der Waals surface area contributed by atoms with Gasteiger partial charge in [0.05, 0.1) is 12.1 Å². The maximum Gasteiger partial charge on any atom is 0.236 e. The van der Waals surface area contributed by atoms with E-state index in [1.54, 1.807) is 35.7 Å². The lowest BCUT2D eigenvalue weighted by Gasteiger charge is -2.12. The molecular weight excluding hydrogens is 296 g/mol. The van der Waals surface area contributed by atoms with Gasteiger partial charge in [0.25, 0.3) is 0 Å². The molecule has 118 valence electrons. The van der Waals surface area contributed by atoms with Crippen molar-refractivity contribution in [3.63, 3.8) is 0 Å². The van der Waals surface area contributed by atoms with E-state index < -0.39 is 0 Å². The second-order valence-corrected chi connectivity index (χ2v) is 6.93. The van der Waals surface area contributed by atoms with E-state index in [-0.39, 0.29) is 23.9 Å². The predicted molar refractivity (Wildman–Crippen MR) is 88.0 cm³/mol. The van der Waals surface area contributed by atoms with Gasteiger partial charge in [-0.1, -0.05) is 21.6 Å². The first-order chi connectivity index (χ1) is 9.52. The van der Waals surface area contributed by atoms with E-state index in [4.69, 9.17) is 0 Å². The number of hydrogen-bond donors (Lipinski definition) is 4. The fraction of sp³-hybridized carbons (Fsp3) is 0.833. The number of rotatable bonds is 11. The van der Waals surface area contributed by atoms with E-state index in [0.29, 0.717) is 0 Å². The Balaban J connectivity index is 3.37. The summed E-state index contributed by atoms with van der Waals surface area (Å²) in [6.45, 7) is 5.30. The van der Waals surface area contributed by atoms with Crippen LogP contribution in [0.3, 0.4) is 0 Å². The minimum atomic E-state index is -0.152. The van der Waals surface area contributed by atoms with Gasteiger partial charge in [0.2, 0.25) is 11.8 Å². The molecule has 0 heterocycles. The van der Waals surface area contributed by atoms with Crippen molar-refractivity contribution in [3.05, 3.63) is 0 Å². The molecule has 20 heavy (non-hydrogen) atoms. The van der Waals surface area contributed by atoms with Crippen LogP contribution in [-0.4, -0.2) is 62.6 Å². The van der Waals surface area contributed by atoms with Crippen molar-refractivity contribution < 1.29 is 9.59 Å². The zero-order valence-corrected chi connectivity index (χ0v) is 14.2. The number of carbonyl (C=O) groups is 2. The minimum absolute atomic E-state index is 0.00930. The van der Waals surface area contributed by atoms with Crippen molar-refractivity contribution in [1.82, 2.24) is 21.3 Å². The van der Waals surface area contributed by atoms with Crippen LogP contribution in [0.15, 0.2) is 0 Å². The lowest BCUT2D eigenvalue weighted by atomic mass is 10.3. The highest BCUT2D eigenvalue weighted by Gasteiger charge is 2.09. The van der Waals surface area contributed by atoms with Crippen LogP contribution >= 0.6 is 21.6 Å². The van der Waals surface area contributed by atoms with Gasteiger partial charge in [-0.25, -0.2) is 0 Å². The summed E-state index contributed by atoms with van der Waals surface area (Å²) in [5.41, 5.74) is 0. The standard InChI is InChI=1S/C12H26N4O2S2/c1-9(11(17)13-3)15-5-7-19-20-8-6-16-10(2)12(18)14-4/h9-10,15-16H,5-8H2,1-4H3,(H,13,17)(H,14,18). The van der Waals surface area contributed by atoms with E-state index in [1.807, 2.05) is 13.8 Å². The largest absolute Gasteiger partial charge is 0.358 e. The van der Waals surface area contributed by atoms with Crippen LogP contribution in [0.25, 0.3) is 0 Å². The number of amides is 2. The van der Waals surface area contributed by atoms with Gasteiger partial charge in [-0.15, -0.1) is 0 Å². The molecule has 0 saturated heterocycles. The Bertz CT molecular complexity index is 265. The molecule has 0 aromatic carbocycles. The summed E-state index contributed by atoms with van der Waals surface area (Å²) in [6, 6.07) is -0.304. The molecule has 0 spiro atoms. The Hall–Kier alpha value is -0.440. The van der Waals surface area contributed by atoms with Gasteiger partial charge in [-0.05, 0) is 13.8 Å². The highest BCUT2D eigenvalue weighted by Crippen LogP contribution is 2.19. The molecule has 2 unspecified atom stereocenters. The normalized spacial score (nSPS) is 13.6. The third-order valence-corrected chi connectivity index (χ3v) is 5.04. The molecule has 0 aromatic heterocycles. The topological polar surface area (TPSA) is 82.3 Å². The Morgan fingerprint density at radius 3 is 1.50 bits per heavy atom. The predicted octanol–water partition coefficient (Wildman–Crippen LogP) is -0.184. The van der Waals surface area contributed by atoms with Crippen LogP contribution in [0.5, 0.6) is 0 Å². The summed E-state index contributed by atoms with van der Waals surface area (Å²) < 4.78 is 0. The van der Waals surface area contributed by atoms with Crippen LogP contribution < -0.4 is 21.3 Å². The van der Waals surface area contributed by atoms with Crippen molar-refractivity contribution in [1.29, 1.82) is 0 Å².